The summed E-state index contributed by atoms with van der Waals surface area (Å²) in [7, 11) is 0. The molecule has 0 saturated carbocycles. The van der Waals surface area contributed by atoms with Gasteiger partial charge in [0.1, 0.15) is 12.0 Å². The highest BCUT2D eigenvalue weighted by molar-refractivity contribution is 5.76. The smallest absolute Gasteiger partial charge is 0.316 e. The highest BCUT2D eigenvalue weighted by Gasteiger charge is 2.33. The Labute approximate surface area is 101 Å². The molecule has 17 heavy (non-hydrogen) atoms. The highest BCUT2D eigenvalue weighted by Crippen LogP contribution is 2.16. The Bertz CT molecular complexity index is 224. The fraction of sp³-hybridized carbons (Fsp3) is 0.727. The normalized spacial score (nSPS) is 11.2. The first-order valence-corrected chi connectivity index (χ1v) is 5.35. The van der Waals surface area contributed by atoms with Gasteiger partial charge in [0.25, 0.3) is 0 Å². The van der Waals surface area contributed by atoms with Crippen LogP contribution in [0.1, 0.15) is 13.3 Å². The van der Waals surface area contributed by atoms with E-state index in [0.29, 0.717) is 13.0 Å². The molecule has 0 rings (SSSR count). The molecule has 0 unspecified atom stereocenters. The van der Waals surface area contributed by atoms with E-state index in [1.165, 1.54) is 6.92 Å². The van der Waals surface area contributed by atoms with Gasteiger partial charge in [0.2, 0.25) is 0 Å². The molecule has 0 saturated heterocycles. The third kappa shape index (κ3) is 6.38. The van der Waals surface area contributed by atoms with Gasteiger partial charge in [-0.3, -0.25) is 4.79 Å². The molecule has 0 heterocycles. The predicted molar refractivity (Wildman–Crippen MR) is 60.0 cm³/mol. The Morgan fingerprint density at radius 1 is 1.29 bits per heavy atom. The lowest BCUT2D eigenvalue weighted by molar-refractivity contribution is -0.287. The summed E-state index contributed by atoms with van der Waals surface area (Å²) in [6.45, 7) is 4.69. The Hall–Kier alpha value is -0.950. The van der Waals surface area contributed by atoms with E-state index in [1.807, 2.05) is 0 Å². The van der Waals surface area contributed by atoms with Crippen molar-refractivity contribution in [2.45, 2.75) is 13.3 Å². The Balaban J connectivity index is 3.61. The van der Waals surface area contributed by atoms with Crippen LogP contribution in [0.2, 0.25) is 0 Å². The van der Waals surface area contributed by atoms with Gasteiger partial charge >= 0.3 is 5.97 Å². The zero-order chi connectivity index (χ0) is 13.1. The van der Waals surface area contributed by atoms with Crippen molar-refractivity contribution in [3.8, 4) is 0 Å². The first kappa shape index (κ1) is 16.1. The van der Waals surface area contributed by atoms with Crippen molar-refractivity contribution in [3.63, 3.8) is 0 Å². The second-order valence-corrected chi connectivity index (χ2v) is 3.76. The van der Waals surface area contributed by atoms with Crippen LogP contribution >= 0.6 is 0 Å². The lowest BCUT2D eigenvalue weighted by Crippen LogP contribution is -2.37. The summed E-state index contributed by atoms with van der Waals surface area (Å²) in [4.78, 5) is 20.8. The quantitative estimate of drug-likeness (QED) is 0.187. The van der Waals surface area contributed by atoms with Crippen LogP contribution in [0.5, 0.6) is 0 Å². The van der Waals surface area contributed by atoms with Gasteiger partial charge in [-0.1, -0.05) is 6.08 Å². The lowest BCUT2D eigenvalue weighted by atomic mass is 9.93. The summed E-state index contributed by atoms with van der Waals surface area (Å²) in [6, 6.07) is 0. The first-order valence-electron chi connectivity index (χ1n) is 5.35. The van der Waals surface area contributed by atoms with E-state index >= 15 is 0 Å². The van der Waals surface area contributed by atoms with Gasteiger partial charge < -0.3 is 14.9 Å². The zero-order valence-corrected chi connectivity index (χ0v) is 10.1. The van der Waals surface area contributed by atoms with Crippen molar-refractivity contribution in [1.29, 1.82) is 0 Å². The minimum atomic E-state index is -1.25. The molecule has 0 spiro atoms. The summed E-state index contributed by atoms with van der Waals surface area (Å²) in [5.74, 6) is -0.630. The average Bonchev–Trinajstić information content (AvgIpc) is 2.36. The van der Waals surface area contributed by atoms with Crippen LogP contribution in [-0.4, -0.2) is 49.2 Å². The van der Waals surface area contributed by atoms with Crippen LogP contribution in [0.3, 0.4) is 0 Å². The number of aliphatic hydroxyl groups is 2. The Kier molecular flexibility index (Phi) is 8.61. The van der Waals surface area contributed by atoms with Crippen LogP contribution in [0.15, 0.2) is 12.7 Å². The maximum Gasteiger partial charge on any atom is 0.316 e. The van der Waals surface area contributed by atoms with Crippen LogP contribution < -0.4 is 0 Å². The number of carbonyl (C=O) groups is 1. The number of ether oxygens (including phenoxy) is 1. The van der Waals surface area contributed by atoms with Crippen molar-refractivity contribution in [3.05, 3.63) is 12.7 Å². The average molecular weight is 248 g/mol. The molecular formula is C11H20O6. The number of rotatable bonds is 10. The van der Waals surface area contributed by atoms with Crippen LogP contribution in [0.4, 0.5) is 0 Å². The molecule has 0 aromatic heterocycles. The number of aliphatic hydroxyl groups excluding tert-OH is 2. The molecule has 0 bridgehead atoms. The van der Waals surface area contributed by atoms with E-state index in [2.05, 4.69) is 11.5 Å². The van der Waals surface area contributed by atoms with E-state index in [-0.39, 0.29) is 13.2 Å². The maximum absolute atomic E-state index is 11.4. The van der Waals surface area contributed by atoms with Crippen LogP contribution in [0.25, 0.3) is 0 Å². The van der Waals surface area contributed by atoms with Crippen molar-refractivity contribution < 1.29 is 29.5 Å². The van der Waals surface area contributed by atoms with Gasteiger partial charge in [-0.25, -0.2) is 9.78 Å². The largest absolute Gasteiger partial charge is 0.465 e. The van der Waals surface area contributed by atoms with Gasteiger partial charge in [0, 0.05) is 6.42 Å². The summed E-state index contributed by atoms with van der Waals surface area (Å²) >= 11 is 0. The maximum atomic E-state index is 11.4. The Morgan fingerprint density at radius 3 is 2.47 bits per heavy atom. The second kappa shape index (κ2) is 9.12. The SMILES string of the molecule is C=CCOOCCCOC(=O)C(C)(CO)CO. The molecule has 2 N–H and O–H groups in total. The van der Waals surface area contributed by atoms with E-state index in [1.54, 1.807) is 6.08 Å². The molecule has 0 fully saturated rings. The molecular weight excluding hydrogens is 228 g/mol. The minimum Gasteiger partial charge on any atom is -0.465 e. The second-order valence-electron chi connectivity index (χ2n) is 3.76. The Morgan fingerprint density at radius 2 is 1.94 bits per heavy atom. The molecule has 0 aliphatic rings. The monoisotopic (exact) mass is 248 g/mol. The molecule has 0 aliphatic carbocycles. The summed E-state index contributed by atoms with van der Waals surface area (Å²) in [5, 5.41) is 17.9. The fourth-order valence-electron chi connectivity index (χ4n) is 0.791. The molecule has 6 heteroatoms. The third-order valence-electron chi connectivity index (χ3n) is 2.07. The molecule has 100 valence electrons. The molecule has 0 radical (unpaired) electrons. The molecule has 0 aromatic rings. The predicted octanol–water partition coefficient (Wildman–Crippen LogP) is 0.0448. The standard InChI is InChI=1S/C11H20O6/c1-3-5-16-17-7-4-6-15-10(14)11(2,8-12)9-13/h3,12-13H,1,4-9H2,2H3. The number of esters is 1. The number of hydrogen-bond acceptors (Lipinski definition) is 6. The minimum absolute atomic E-state index is 0.145. The van der Waals surface area contributed by atoms with Gasteiger partial charge in [0.05, 0.1) is 26.4 Å². The van der Waals surface area contributed by atoms with Gasteiger partial charge in [-0.2, -0.15) is 0 Å². The fourth-order valence-corrected chi connectivity index (χ4v) is 0.791. The van der Waals surface area contributed by atoms with Crippen molar-refractivity contribution in [1.82, 2.24) is 0 Å². The highest BCUT2D eigenvalue weighted by atomic mass is 17.2. The summed E-state index contributed by atoms with van der Waals surface area (Å²) in [6.07, 6.45) is 2.02. The first-order chi connectivity index (χ1) is 8.10. The van der Waals surface area contributed by atoms with Crippen molar-refractivity contribution in [2.75, 3.05) is 33.0 Å². The molecule has 0 aromatic carbocycles. The van der Waals surface area contributed by atoms with E-state index < -0.39 is 24.6 Å². The topological polar surface area (TPSA) is 85.2 Å². The molecule has 0 atom stereocenters. The van der Waals surface area contributed by atoms with E-state index in [9.17, 15) is 4.79 Å². The summed E-state index contributed by atoms with van der Waals surface area (Å²) < 4.78 is 4.88. The van der Waals surface area contributed by atoms with Crippen LogP contribution in [0, 0.1) is 5.41 Å². The van der Waals surface area contributed by atoms with Crippen LogP contribution in [-0.2, 0) is 19.3 Å². The lowest BCUT2D eigenvalue weighted by Gasteiger charge is -2.21. The van der Waals surface area contributed by atoms with Gasteiger partial charge in [-0.15, -0.1) is 6.58 Å². The zero-order valence-electron chi connectivity index (χ0n) is 10.1. The van der Waals surface area contributed by atoms with E-state index in [0.717, 1.165) is 0 Å². The van der Waals surface area contributed by atoms with Gasteiger partial charge in [-0.05, 0) is 6.92 Å². The third-order valence-corrected chi connectivity index (χ3v) is 2.07. The molecule has 0 amide bonds. The number of carbonyl (C=O) groups excluding carboxylic acids is 1. The van der Waals surface area contributed by atoms with Gasteiger partial charge in [0.15, 0.2) is 0 Å². The van der Waals surface area contributed by atoms with Crippen molar-refractivity contribution >= 4 is 5.97 Å². The molecule has 0 aliphatic heterocycles. The summed E-state index contributed by atoms with van der Waals surface area (Å²) in [5.41, 5.74) is -1.25. The van der Waals surface area contributed by atoms with E-state index in [4.69, 9.17) is 19.8 Å². The van der Waals surface area contributed by atoms with Crippen molar-refractivity contribution in [2.24, 2.45) is 5.41 Å². The number of hydrogen-bond donors (Lipinski definition) is 2. The molecule has 6 nitrogen and oxygen atoms in total.